The first kappa shape index (κ1) is 22.2. The van der Waals surface area contributed by atoms with E-state index in [1.807, 2.05) is 42.5 Å². The minimum Gasteiger partial charge on any atom is -0.322 e. The third-order valence-electron chi connectivity index (χ3n) is 5.93. The van der Waals surface area contributed by atoms with Crippen LogP contribution in [-0.4, -0.2) is 41.7 Å². The number of sulfonamides is 1. The van der Waals surface area contributed by atoms with Crippen molar-refractivity contribution in [1.29, 1.82) is 0 Å². The number of fused-ring (bicyclic) bond motifs is 1. The number of hydrogen-bond donors (Lipinski definition) is 1. The second-order valence-corrected chi connectivity index (χ2v) is 10.2. The largest absolute Gasteiger partial charge is 0.322 e. The van der Waals surface area contributed by atoms with E-state index in [4.69, 9.17) is 0 Å². The predicted octanol–water partition coefficient (Wildman–Crippen LogP) is 4.72. The molecule has 1 N–H and O–H groups in total. The molecule has 1 aliphatic heterocycles. The van der Waals surface area contributed by atoms with E-state index in [0.29, 0.717) is 46.6 Å². The summed E-state index contributed by atoms with van der Waals surface area (Å²) in [5.41, 5.74) is 2.79. The van der Waals surface area contributed by atoms with E-state index >= 15 is 0 Å². The third-order valence-corrected chi connectivity index (χ3v) is 7.83. The highest BCUT2D eigenvalue weighted by atomic mass is 32.2. The number of pyridine rings is 2. The average molecular weight is 473 g/mol. The standard InChI is InChI=1S/C26H24N4O3S/c31-26(28-19-9-8-10-20(17-19)34(32,33)30-15-6-1-7-16-30)22-18-25(24-13-4-5-14-27-24)29-23-12-3-2-11-21(22)23/h2-5,8-14,17-18H,1,6-7,15-16H2,(H,28,31). The number of carbonyl (C=O) groups excluding carboxylic acids is 1. The summed E-state index contributed by atoms with van der Waals surface area (Å²) in [6.07, 6.45) is 4.45. The van der Waals surface area contributed by atoms with Gasteiger partial charge in [-0.15, -0.1) is 0 Å². The Balaban J connectivity index is 1.48. The second kappa shape index (κ2) is 9.32. The third kappa shape index (κ3) is 4.42. The Labute approximate surface area is 198 Å². The molecule has 34 heavy (non-hydrogen) atoms. The molecule has 8 heteroatoms. The van der Waals surface area contributed by atoms with Crippen molar-refractivity contribution in [3.8, 4) is 11.4 Å². The maximum absolute atomic E-state index is 13.4. The summed E-state index contributed by atoms with van der Waals surface area (Å²) in [7, 11) is -3.60. The van der Waals surface area contributed by atoms with Crippen molar-refractivity contribution in [3.63, 3.8) is 0 Å². The highest BCUT2D eigenvalue weighted by Gasteiger charge is 2.26. The number of rotatable bonds is 5. The molecular weight excluding hydrogens is 448 g/mol. The molecule has 0 atom stereocenters. The zero-order chi connectivity index (χ0) is 23.5. The van der Waals surface area contributed by atoms with Gasteiger partial charge in [-0.25, -0.2) is 13.4 Å². The number of nitrogens with one attached hydrogen (secondary N) is 1. The van der Waals surface area contributed by atoms with E-state index in [0.717, 1.165) is 19.3 Å². The first-order valence-electron chi connectivity index (χ1n) is 11.3. The van der Waals surface area contributed by atoms with Gasteiger partial charge in [0.2, 0.25) is 10.0 Å². The van der Waals surface area contributed by atoms with Gasteiger partial charge in [0.1, 0.15) is 0 Å². The summed E-state index contributed by atoms with van der Waals surface area (Å²) in [5, 5.41) is 3.58. The number of piperidine rings is 1. The van der Waals surface area contributed by atoms with Gasteiger partial charge in [0.05, 0.1) is 27.4 Å². The molecule has 2 aromatic carbocycles. The van der Waals surface area contributed by atoms with Gasteiger partial charge in [0.15, 0.2) is 0 Å². The Bertz CT molecular complexity index is 1450. The second-order valence-electron chi connectivity index (χ2n) is 8.23. The van der Waals surface area contributed by atoms with Crippen LogP contribution in [0.15, 0.2) is 83.9 Å². The lowest BCUT2D eigenvalue weighted by Crippen LogP contribution is -2.35. The fourth-order valence-electron chi connectivity index (χ4n) is 4.20. The van der Waals surface area contributed by atoms with E-state index in [9.17, 15) is 13.2 Å². The van der Waals surface area contributed by atoms with E-state index in [-0.39, 0.29) is 10.8 Å². The Morgan fingerprint density at radius 2 is 1.65 bits per heavy atom. The molecule has 0 aliphatic carbocycles. The van der Waals surface area contributed by atoms with Gasteiger partial charge in [-0.3, -0.25) is 9.78 Å². The van der Waals surface area contributed by atoms with Gasteiger partial charge in [-0.2, -0.15) is 4.31 Å². The smallest absolute Gasteiger partial charge is 0.256 e. The summed E-state index contributed by atoms with van der Waals surface area (Å²) in [6.45, 7) is 1.05. The topological polar surface area (TPSA) is 92.3 Å². The van der Waals surface area contributed by atoms with Crippen LogP contribution >= 0.6 is 0 Å². The zero-order valence-electron chi connectivity index (χ0n) is 18.5. The van der Waals surface area contributed by atoms with Crippen molar-refractivity contribution in [3.05, 3.63) is 84.6 Å². The van der Waals surface area contributed by atoms with Gasteiger partial charge in [-0.05, 0) is 55.3 Å². The lowest BCUT2D eigenvalue weighted by Gasteiger charge is -2.26. The molecule has 0 spiro atoms. The number of para-hydroxylation sites is 1. The molecule has 172 valence electrons. The molecule has 4 aromatic rings. The van der Waals surface area contributed by atoms with E-state index in [2.05, 4.69) is 15.3 Å². The van der Waals surface area contributed by atoms with Gasteiger partial charge >= 0.3 is 0 Å². The average Bonchev–Trinajstić information content (AvgIpc) is 2.89. The number of carbonyl (C=O) groups is 1. The number of nitrogens with zero attached hydrogens (tertiary/aromatic N) is 3. The van der Waals surface area contributed by atoms with Crippen LogP contribution in [-0.2, 0) is 10.0 Å². The van der Waals surface area contributed by atoms with E-state index in [1.165, 1.54) is 10.4 Å². The molecule has 0 saturated carbocycles. The quantitative estimate of drug-likeness (QED) is 0.454. The number of hydrogen-bond acceptors (Lipinski definition) is 5. The fourth-order valence-corrected chi connectivity index (χ4v) is 5.76. The monoisotopic (exact) mass is 472 g/mol. The van der Waals surface area contributed by atoms with Crippen LogP contribution in [0.25, 0.3) is 22.3 Å². The summed E-state index contributed by atoms with van der Waals surface area (Å²) in [5.74, 6) is -0.344. The van der Waals surface area contributed by atoms with Crippen LogP contribution in [0.2, 0.25) is 0 Å². The van der Waals surface area contributed by atoms with Crippen molar-refractivity contribution < 1.29 is 13.2 Å². The molecule has 3 heterocycles. The van der Waals surface area contributed by atoms with Gasteiger partial charge in [-0.1, -0.05) is 36.8 Å². The van der Waals surface area contributed by atoms with Crippen molar-refractivity contribution in [1.82, 2.24) is 14.3 Å². The molecule has 2 aromatic heterocycles. The number of amides is 1. The summed E-state index contributed by atoms with van der Waals surface area (Å²) in [4.78, 5) is 22.6. The van der Waals surface area contributed by atoms with Crippen molar-refractivity contribution in [2.45, 2.75) is 24.2 Å². The molecule has 1 saturated heterocycles. The highest BCUT2D eigenvalue weighted by molar-refractivity contribution is 7.89. The molecule has 1 aliphatic rings. The minimum atomic E-state index is -3.60. The van der Waals surface area contributed by atoms with Gasteiger partial charge in [0.25, 0.3) is 5.91 Å². The van der Waals surface area contributed by atoms with Crippen LogP contribution in [0.1, 0.15) is 29.6 Å². The molecule has 7 nitrogen and oxygen atoms in total. The fraction of sp³-hybridized carbons (Fsp3) is 0.192. The molecule has 1 fully saturated rings. The predicted molar refractivity (Wildman–Crippen MR) is 132 cm³/mol. The highest BCUT2D eigenvalue weighted by Crippen LogP contribution is 2.26. The first-order chi connectivity index (χ1) is 16.5. The van der Waals surface area contributed by atoms with Crippen molar-refractivity contribution in [2.75, 3.05) is 18.4 Å². The lowest BCUT2D eigenvalue weighted by molar-refractivity contribution is 0.102. The van der Waals surface area contributed by atoms with Gasteiger partial charge in [0, 0.05) is 30.4 Å². The van der Waals surface area contributed by atoms with Crippen LogP contribution in [0, 0.1) is 0 Å². The number of benzene rings is 2. The Morgan fingerprint density at radius 3 is 2.44 bits per heavy atom. The zero-order valence-corrected chi connectivity index (χ0v) is 19.3. The lowest BCUT2D eigenvalue weighted by atomic mass is 10.1. The summed E-state index contributed by atoms with van der Waals surface area (Å²) >= 11 is 0. The Morgan fingerprint density at radius 1 is 0.853 bits per heavy atom. The van der Waals surface area contributed by atoms with E-state index in [1.54, 1.807) is 30.5 Å². The number of aromatic nitrogens is 2. The molecule has 0 radical (unpaired) electrons. The molecule has 1 amide bonds. The van der Waals surface area contributed by atoms with Crippen LogP contribution < -0.4 is 5.32 Å². The summed E-state index contributed by atoms with van der Waals surface area (Å²) < 4.78 is 27.7. The van der Waals surface area contributed by atoms with Gasteiger partial charge < -0.3 is 5.32 Å². The van der Waals surface area contributed by atoms with Crippen molar-refractivity contribution >= 4 is 32.5 Å². The maximum atomic E-state index is 13.4. The van der Waals surface area contributed by atoms with Crippen LogP contribution in [0.3, 0.4) is 0 Å². The van der Waals surface area contributed by atoms with Crippen LogP contribution in [0.5, 0.6) is 0 Å². The Kier molecular flexibility index (Phi) is 6.08. The van der Waals surface area contributed by atoms with Crippen LogP contribution in [0.4, 0.5) is 5.69 Å². The van der Waals surface area contributed by atoms with E-state index < -0.39 is 10.0 Å². The Hall–Kier alpha value is -3.62. The normalized spacial score (nSPS) is 14.7. The maximum Gasteiger partial charge on any atom is 0.256 e. The minimum absolute atomic E-state index is 0.181. The number of anilines is 1. The molecule has 5 rings (SSSR count). The summed E-state index contributed by atoms with van der Waals surface area (Å²) in [6, 6.07) is 21.1. The molecule has 0 unspecified atom stereocenters. The molecular formula is C26H24N4O3S. The first-order valence-corrected chi connectivity index (χ1v) is 12.7. The SMILES string of the molecule is O=C(Nc1cccc(S(=O)(=O)N2CCCCC2)c1)c1cc(-c2ccccn2)nc2ccccc12. The van der Waals surface area contributed by atoms with Crippen molar-refractivity contribution in [2.24, 2.45) is 0 Å². The molecule has 0 bridgehead atoms.